The number of benzene rings is 4. The largest absolute Gasteiger partial charge is 0.484 e. The molecule has 2 aliphatic carbocycles. The molecule has 6 N–H and O–H groups in total. The number of likely N-dealkylation sites (N-methyl/N-ethyl adjacent to an activating group) is 2. The van der Waals surface area contributed by atoms with Crippen LogP contribution in [0, 0.1) is 13.8 Å². The molecule has 0 radical (unpaired) electrons. The van der Waals surface area contributed by atoms with Gasteiger partial charge in [0.05, 0.1) is 43.3 Å². The lowest BCUT2D eigenvalue weighted by molar-refractivity contribution is -0.130. The van der Waals surface area contributed by atoms with Crippen LogP contribution >= 0.6 is 46.4 Å². The number of carbonyl (C=O) groups is 4. The average molecular weight is 1340 g/mol. The quantitative estimate of drug-likeness (QED) is 0.0206. The van der Waals surface area contributed by atoms with E-state index >= 15 is 0 Å². The van der Waals surface area contributed by atoms with Crippen LogP contribution in [0.4, 0.5) is 21.0 Å². The fourth-order valence-corrected chi connectivity index (χ4v) is 14.3. The molecule has 88 heavy (non-hydrogen) atoms. The number of aryl methyl sites for hydroxylation is 2. The second-order valence-electron chi connectivity index (χ2n) is 22.7. The molecule has 4 aromatic carbocycles. The molecule has 0 aromatic heterocycles. The summed E-state index contributed by atoms with van der Waals surface area (Å²) in [5.74, 6) is 0.642. The Morgan fingerprint density at radius 1 is 0.568 bits per heavy atom. The van der Waals surface area contributed by atoms with Gasteiger partial charge in [0.15, 0.2) is 0 Å². The summed E-state index contributed by atoms with van der Waals surface area (Å²) >= 11 is 20.9. The van der Waals surface area contributed by atoms with Gasteiger partial charge in [-0.2, -0.15) is 0 Å². The van der Waals surface area contributed by atoms with Gasteiger partial charge in [-0.1, -0.05) is 46.4 Å². The minimum absolute atomic E-state index is 0.000209. The van der Waals surface area contributed by atoms with E-state index in [0.29, 0.717) is 147 Å². The Kier molecular flexibility index (Phi) is 25.1. The molecule has 8 rings (SSSR count). The molecule has 8 atom stereocenters. The smallest absolute Gasteiger partial charge is 0.314 e. The van der Waals surface area contributed by atoms with Crippen molar-refractivity contribution in [3.8, 4) is 11.5 Å². The number of likely N-dealkylation sites (tertiary alicyclic amines) is 2. The highest BCUT2D eigenvalue weighted by Crippen LogP contribution is 2.45. The van der Waals surface area contributed by atoms with Crippen molar-refractivity contribution in [1.82, 2.24) is 40.9 Å². The first-order valence-electron chi connectivity index (χ1n) is 29.5. The van der Waals surface area contributed by atoms with Gasteiger partial charge in [0.1, 0.15) is 35.8 Å². The third kappa shape index (κ3) is 17.4. The minimum Gasteiger partial charge on any atom is -0.484 e. The lowest BCUT2D eigenvalue weighted by Gasteiger charge is -2.29. The SMILES string of the molecule is Cc1cc(N([C@H]2CCN(CCOCCCCNC(=O)NCCCCNC(=O)NCCOCCN3CC[C@H](N(c4ccc(O[C@H]5c6cc(Cl)cc(Cl)c6C[C@@H]5N(C)C)c(C)c4)S(=O)O)C3=O)C2=O)S(=O)O)ccc1O[C@H]1c2cc(Cl)cc(Cl)c2C[C@@H]1N(C)C. The van der Waals surface area contributed by atoms with Crippen molar-refractivity contribution in [2.75, 3.05) is 116 Å². The third-order valence-corrected chi connectivity index (χ3v) is 19.1. The van der Waals surface area contributed by atoms with Gasteiger partial charge in [-0.3, -0.25) is 27.3 Å². The highest BCUT2D eigenvalue weighted by atomic mass is 35.5. The third-order valence-electron chi connectivity index (χ3n) is 16.3. The number of anilines is 2. The van der Waals surface area contributed by atoms with E-state index < -0.39 is 34.6 Å². The maximum absolute atomic E-state index is 13.6. The van der Waals surface area contributed by atoms with E-state index in [0.717, 1.165) is 33.4 Å². The van der Waals surface area contributed by atoms with E-state index in [4.69, 9.17) is 65.4 Å². The number of hydrogen-bond donors (Lipinski definition) is 6. The average Bonchev–Trinajstić information content (AvgIpc) is 1.84. The van der Waals surface area contributed by atoms with Crippen molar-refractivity contribution in [1.29, 1.82) is 0 Å². The lowest BCUT2D eigenvalue weighted by atomic mass is 10.1. The number of rotatable bonds is 31. The van der Waals surface area contributed by atoms with Crippen LogP contribution < -0.4 is 39.4 Å². The van der Waals surface area contributed by atoms with E-state index in [1.54, 1.807) is 58.3 Å². The number of unbranched alkanes of at least 4 members (excludes halogenated alkanes) is 2. The molecule has 2 aliphatic heterocycles. The van der Waals surface area contributed by atoms with Gasteiger partial charge in [-0.25, -0.2) is 18.0 Å². The lowest BCUT2D eigenvalue weighted by Crippen LogP contribution is -2.43. The Labute approximate surface area is 540 Å². The first-order chi connectivity index (χ1) is 42.1. The summed E-state index contributed by atoms with van der Waals surface area (Å²) < 4.78 is 73.5. The molecule has 0 spiro atoms. The minimum atomic E-state index is -2.49. The topological polar surface area (TPSA) is 247 Å². The van der Waals surface area contributed by atoms with Gasteiger partial charge in [0.2, 0.25) is 11.8 Å². The Balaban J connectivity index is 0.630. The number of amides is 6. The summed E-state index contributed by atoms with van der Waals surface area (Å²) in [6.07, 6.45) is 4.05. The van der Waals surface area contributed by atoms with E-state index in [1.807, 2.05) is 54.2 Å². The standard InChI is InChI=1S/C60H80Cl4N10O12S2/c1-37-29-41(11-13-53(37)85-55-45-31-39(61)33-47(63)43(45)35-51(55)69(3)4)73(87(79)80)49-15-21-71(57(49)75)23-27-83-25-10-9-19-67-59(77)65-17-7-8-18-66-60(78)68-20-26-84-28-24-72-22-16-50(58(72)76)74(88(81)82)42-12-14-54(38(2)30-42)86-56-46-32-40(62)34-48(64)44(46)36-52(56)70(5)6/h11-14,29-34,49-52,55-56H,7-10,15-28,35-36H2,1-6H3,(H,79,80)(H,81,82)(H2,65,67,77)(H2,66,68,78)/t49-,50-,51-,52-,55-,56-/m0/s1. The summed E-state index contributed by atoms with van der Waals surface area (Å²) in [5.41, 5.74) is 6.11. The molecule has 2 heterocycles. The molecule has 0 bridgehead atoms. The van der Waals surface area contributed by atoms with Crippen LogP contribution in [0.3, 0.4) is 0 Å². The Bertz CT molecular complexity index is 3170. The van der Waals surface area contributed by atoms with Crippen molar-refractivity contribution in [3.05, 3.63) is 114 Å². The van der Waals surface area contributed by atoms with Crippen molar-refractivity contribution in [2.24, 2.45) is 0 Å². The summed E-state index contributed by atoms with van der Waals surface area (Å²) in [4.78, 5) is 59.2. The molecule has 0 saturated carbocycles. The molecule has 28 heteroatoms. The molecule has 2 saturated heterocycles. The molecule has 2 unspecified atom stereocenters. The zero-order valence-electron chi connectivity index (χ0n) is 50.4. The molecule has 4 aromatic rings. The molecule has 482 valence electrons. The van der Waals surface area contributed by atoms with Crippen molar-refractivity contribution >= 4 is 104 Å². The maximum Gasteiger partial charge on any atom is 0.314 e. The van der Waals surface area contributed by atoms with Crippen LogP contribution in [0.5, 0.6) is 11.5 Å². The van der Waals surface area contributed by atoms with Crippen LogP contribution in [0.15, 0.2) is 60.7 Å². The van der Waals surface area contributed by atoms with E-state index in [2.05, 4.69) is 31.1 Å². The van der Waals surface area contributed by atoms with Gasteiger partial charge < -0.3 is 59.8 Å². The maximum atomic E-state index is 13.6. The van der Waals surface area contributed by atoms with Crippen LogP contribution in [0.25, 0.3) is 0 Å². The van der Waals surface area contributed by atoms with Crippen LogP contribution in [0.2, 0.25) is 20.1 Å². The normalized spacial score (nSPS) is 20.3. The number of nitrogens with zero attached hydrogens (tertiary/aromatic N) is 6. The van der Waals surface area contributed by atoms with Crippen LogP contribution in [0.1, 0.15) is 84.1 Å². The van der Waals surface area contributed by atoms with Gasteiger partial charge in [-0.05, 0) is 176 Å². The van der Waals surface area contributed by atoms with Crippen molar-refractivity contribution in [3.63, 3.8) is 0 Å². The first kappa shape index (κ1) is 68.7. The number of carbonyl (C=O) groups excluding carboxylic acids is 4. The second-order valence-corrected chi connectivity index (χ2v) is 26.1. The zero-order chi connectivity index (χ0) is 63.3. The molecule has 2 fully saturated rings. The van der Waals surface area contributed by atoms with E-state index in [9.17, 15) is 36.7 Å². The zero-order valence-corrected chi connectivity index (χ0v) is 55.0. The molecule has 4 aliphatic rings. The fraction of sp³-hybridized carbons (Fsp3) is 0.533. The number of nitrogens with one attached hydrogen (secondary N) is 4. The first-order valence-corrected chi connectivity index (χ1v) is 33.2. The second kappa shape index (κ2) is 32.2. The van der Waals surface area contributed by atoms with Crippen molar-refractivity contribution < 1.29 is 55.6 Å². The predicted molar refractivity (Wildman–Crippen MR) is 344 cm³/mol. The highest BCUT2D eigenvalue weighted by Gasteiger charge is 2.42. The van der Waals surface area contributed by atoms with Crippen molar-refractivity contribution in [2.45, 2.75) is 102 Å². The number of ether oxygens (including phenoxy) is 4. The van der Waals surface area contributed by atoms with E-state index in [-0.39, 0.29) is 74.5 Å². The van der Waals surface area contributed by atoms with Gasteiger partial charge in [-0.15, -0.1) is 0 Å². The summed E-state index contributed by atoms with van der Waals surface area (Å²) in [5, 5.41) is 13.4. The van der Waals surface area contributed by atoms with Crippen LogP contribution in [-0.4, -0.2) is 192 Å². The number of hydrogen-bond acceptors (Lipinski definition) is 12. The molecular formula is C60H80Cl4N10O12S2. The Morgan fingerprint density at radius 3 is 1.36 bits per heavy atom. The molecule has 6 amide bonds. The monoisotopic (exact) mass is 1340 g/mol. The van der Waals surface area contributed by atoms with E-state index in [1.165, 1.54) is 8.61 Å². The summed E-state index contributed by atoms with van der Waals surface area (Å²) in [6, 6.07) is 15.3. The molecular weight excluding hydrogens is 1260 g/mol. The van der Waals surface area contributed by atoms with Gasteiger partial charge in [0, 0.05) is 90.2 Å². The van der Waals surface area contributed by atoms with Gasteiger partial charge in [0.25, 0.3) is 22.5 Å². The Morgan fingerprint density at radius 2 is 0.966 bits per heavy atom. The van der Waals surface area contributed by atoms with Gasteiger partial charge >= 0.3 is 12.1 Å². The predicted octanol–water partition coefficient (Wildman–Crippen LogP) is 8.11. The fourth-order valence-electron chi connectivity index (χ4n) is 11.7. The summed E-state index contributed by atoms with van der Waals surface area (Å²) in [6.45, 7) is 7.79. The number of urea groups is 2. The van der Waals surface area contributed by atoms with Crippen LogP contribution in [-0.2, 0) is 54.4 Å². The highest BCUT2D eigenvalue weighted by molar-refractivity contribution is 7.81. The number of fused-ring (bicyclic) bond motifs is 2. The molecule has 22 nitrogen and oxygen atoms in total. The summed E-state index contributed by atoms with van der Waals surface area (Å²) in [7, 11) is 7.94. The Hall–Kier alpha value is -5.22. The number of halogens is 4.